The SMILES string of the molecule is CCCn1ncnc1CNCC1CCN(CC)CC1. The lowest BCUT2D eigenvalue weighted by atomic mass is 9.97. The molecule has 0 radical (unpaired) electrons. The van der Waals surface area contributed by atoms with Crippen molar-refractivity contribution in [1.29, 1.82) is 0 Å². The Morgan fingerprint density at radius 3 is 2.79 bits per heavy atom. The average Bonchev–Trinajstić information content (AvgIpc) is 2.88. The molecular weight excluding hydrogens is 238 g/mol. The predicted molar refractivity (Wildman–Crippen MR) is 76.9 cm³/mol. The maximum Gasteiger partial charge on any atom is 0.140 e. The molecule has 1 fully saturated rings. The minimum Gasteiger partial charge on any atom is -0.310 e. The first-order chi connectivity index (χ1) is 9.33. The molecule has 1 aliphatic heterocycles. The van der Waals surface area contributed by atoms with E-state index in [-0.39, 0.29) is 0 Å². The van der Waals surface area contributed by atoms with Crippen LogP contribution >= 0.6 is 0 Å². The summed E-state index contributed by atoms with van der Waals surface area (Å²) in [5.74, 6) is 1.89. The highest BCUT2D eigenvalue weighted by Crippen LogP contribution is 2.15. The lowest BCUT2D eigenvalue weighted by molar-refractivity contribution is 0.189. The standard InChI is InChI=1S/C14H27N5/c1-3-7-19-14(16-12-17-19)11-15-10-13-5-8-18(4-2)9-6-13/h12-13,15H,3-11H2,1-2H3. The zero-order chi connectivity index (χ0) is 13.5. The zero-order valence-electron chi connectivity index (χ0n) is 12.3. The van der Waals surface area contributed by atoms with Crippen molar-refractivity contribution in [2.45, 2.75) is 46.2 Å². The van der Waals surface area contributed by atoms with Gasteiger partial charge in [-0.3, -0.25) is 0 Å². The fourth-order valence-electron chi connectivity index (χ4n) is 2.72. The molecule has 1 saturated heterocycles. The van der Waals surface area contributed by atoms with Gasteiger partial charge in [0.25, 0.3) is 0 Å². The topological polar surface area (TPSA) is 46.0 Å². The van der Waals surface area contributed by atoms with Crippen LogP contribution in [0.15, 0.2) is 6.33 Å². The number of aromatic nitrogens is 3. The van der Waals surface area contributed by atoms with Gasteiger partial charge in [-0.05, 0) is 51.4 Å². The minimum absolute atomic E-state index is 0.824. The third kappa shape index (κ3) is 4.28. The van der Waals surface area contributed by atoms with E-state index in [9.17, 15) is 0 Å². The molecule has 0 aliphatic carbocycles. The van der Waals surface area contributed by atoms with E-state index in [2.05, 4.69) is 34.1 Å². The van der Waals surface area contributed by atoms with Crippen molar-refractivity contribution in [2.24, 2.45) is 5.92 Å². The lowest BCUT2D eigenvalue weighted by Crippen LogP contribution is -2.37. The normalized spacial score (nSPS) is 18.0. The van der Waals surface area contributed by atoms with Crippen LogP contribution in [-0.2, 0) is 13.1 Å². The average molecular weight is 265 g/mol. The zero-order valence-corrected chi connectivity index (χ0v) is 12.3. The van der Waals surface area contributed by atoms with Crippen LogP contribution in [0.1, 0.15) is 38.9 Å². The predicted octanol–water partition coefficient (Wildman–Crippen LogP) is 1.51. The Morgan fingerprint density at radius 2 is 2.11 bits per heavy atom. The van der Waals surface area contributed by atoms with E-state index >= 15 is 0 Å². The van der Waals surface area contributed by atoms with Gasteiger partial charge in [0.15, 0.2) is 0 Å². The van der Waals surface area contributed by atoms with Crippen molar-refractivity contribution in [3.8, 4) is 0 Å². The van der Waals surface area contributed by atoms with E-state index in [0.717, 1.165) is 37.8 Å². The summed E-state index contributed by atoms with van der Waals surface area (Å²) < 4.78 is 2.01. The molecule has 1 aromatic heterocycles. The number of nitrogens with one attached hydrogen (secondary N) is 1. The Hall–Kier alpha value is -0.940. The Labute approximate surface area is 116 Å². The van der Waals surface area contributed by atoms with Crippen LogP contribution in [0.25, 0.3) is 0 Å². The second kappa shape index (κ2) is 7.60. The highest BCUT2D eigenvalue weighted by molar-refractivity contribution is 4.84. The number of rotatable bonds is 7. The van der Waals surface area contributed by atoms with Crippen LogP contribution in [-0.4, -0.2) is 45.8 Å². The Balaban J connectivity index is 1.67. The first-order valence-corrected chi connectivity index (χ1v) is 7.63. The van der Waals surface area contributed by atoms with Crippen molar-refractivity contribution in [3.05, 3.63) is 12.2 Å². The van der Waals surface area contributed by atoms with Gasteiger partial charge in [-0.2, -0.15) is 5.10 Å². The van der Waals surface area contributed by atoms with E-state index in [0.29, 0.717) is 0 Å². The number of aryl methyl sites for hydroxylation is 1. The summed E-state index contributed by atoms with van der Waals surface area (Å²) >= 11 is 0. The van der Waals surface area contributed by atoms with Crippen molar-refractivity contribution in [1.82, 2.24) is 25.0 Å². The number of nitrogens with zero attached hydrogens (tertiary/aromatic N) is 4. The Bertz CT molecular complexity index is 354. The van der Waals surface area contributed by atoms with Crippen molar-refractivity contribution in [2.75, 3.05) is 26.2 Å². The summed E-state index contributed by atoms with van der Waals surface area (Å²) in [5, 5.41) is 7.80. The van der Waals surface area contributed by atoms with Crippen LogP contribution in [0.3, 0.4) is 0 Å². The van der Waals surface area contributed by atoms with E-state index < -0.39 is 0 Å². The molecular formula is C14H27N5. The first kappa shape index (κ1) is 14.5. The molecule has 108 valence electrons. The van der Waals surface area contributed by atoms with Gasteiger partial charge in [0, 0.05) is 6.54 Å². The van der Waals surface area contributed by atoms with E-state index in [1.165, 1.54) is 32.5 Å². The second-order valence-corrected chi connectivity index (χ2v) is 5.41. The number of hydrogen-bond acceptors (Lipinski definition) is 4. The van der Waals surface area contributed by atoms with Crippen molar-refractivity contribution < 1.29 is 0 Å². The van der Waals surface area contributed by atoms with Crippen molar-refractivity contribution in [3.63, 3.8) is 0 Å². The molecule has 1 N–H and O–H groups in total. The largest absolute Gasteiger partial charge is 0.310 e. The maximum absolute atomic E-state index is 4.32. The second-order valence-electron chi connectivity index (χ2n) is 5.41. The van der Waals surface area contributed by atoms with Crippen LogP contribution in [0.4, 0.5) is 0 Å². The third-order valence-corrected chi connectivity index (χ3v) is 4.00. The minimum atomic E-state index is 0.824. The number of likely N-dealkylation sites (tertiary alicyclic amines) is 1. The van der Waals surface area contributed by atoms with E-state index in [1.807, 2.05) is 4.68 Å². The molecule has 5 nitrogen and oxygen atoms in total. The van der Waals surface area contributed by atoms with Crippen LogP contribution < -0.4 is 5.32 Å². The molecule has 0 amide bonds. The Morgan fingerprint density at radius 1 is 1.32 bits per heavy atom. The fourth-order valence-corrected chi connectivity index (χ4v) is 2.72. The molecule has 0 spiro atoms. The molecule has 0 unspecified atom stereocenters. The van der Waals surface area contributed by atoms with E-state index in [1.54, 1.807) is 6.33 Å². The lowest BCUT2D eigenvalue weighted by Gasteiger charge is -2.31. The highest BCUT2D eigenvalue weighted by atomic mass is 15.3. The monoisotopic (exact) mass is 265 g/mol. The van der Waals surface area contributed by atoms with Gasteiger partial charge >= 0.3 is 0 Å². The highest BCUT2D eigenvalue weighted by Gasteiger charge is 2.17. The van der Waals surface area contributed by atoms with Gasteiger partial charge in [0.1, 0.15) is 12.2 Å². The maximum atomic E-state index is 4.32. The Kier molecular flexibility index (Phi) is 5.79. The molecule has 1 aliphatic rings. The van der Waals surface area contributed by atoms with Gasteiger partial charge < -0.3 is 10.2 Å². The summed E-state index contributed by atoms with van der Waals surface area (Å²) in [6.07, 6.45) is 5.41. The quantitative estimate of drug-likeness (QED) is 0.812. The third-order valence-electron chi connectivity index (χ3n) is 4.00. The molecule has 0 bridgehead atoms. The van der Waals surface area contributed by atoms with Gasteiger partial charge in [0.05, 0.1) is 6.54 Å². The molecule has 5 heteroatoms. The van der Waals surface area contributed by atoms with Crippen LogP contribution in [0.5, 0.6) is 0 Å². The number of piperidine rings is 1. The summed E-state index contributed by atoms with van der Waals surface area (Å²) in [7, 11) is 0. The van der Waals surface area contributed by atoms with Gasteiger partial charge in [0.2, 0.25) is 0 Å². The fraction of sp³-hybridized carbons (Fsp3) is 0.857. The van der Waals surface area contributed by atoms with E-state index in [4.69, 9.17) is 0 Å². The molecule has 1 aromatic rings. The van der Waals surface area contributed by atoms with Crippen LogP contribution in [0.2, 0.25) is 0 Å². The summed E-state index contributed by atoms with van der Waals surface area (Å²) in [5.41, 5.74) is 0. The summed E-state index contributed by atoms with van der Waals surface area (Å²) in [6.45, 7) is 11.0. The molecule has 2 rings (SSSR count). The molecule has 0 saturated carbocycles. The summed E-state index contributed by atoms with van der Waals surface area (Å²) in [4.78, 5) is 6.86. The van der Waals surface area contributed by atoms with Gasteiger partial charge in [-0.1, -0.05) is 13.8 Å². The molecule has 0 aromatic carbocycles. The molecule has 19 heavy (non-hydrogen) atoms. The summed E-state index contributed by atoms with van der Waals surface area (Å²) in [6, 6.07) is 0. The van der Waals surface area contributed by atoms with Crippen LogP contribution in [0, 0.1) is 5.92 Å². The van der Waals surface area contributed by atoms with Crippen molar-refractivity contribution >= 4 is 0 Å². The smallest absolute Gasteiger partial charge is 0.140 e. The number of hydrogen-bond donors (Lipinski definition) is 1. The molecule has 2 heterocycles. The first-order valence-electron chi connectivity index (χ1n) is 7.63. The van der Waals surface area contributed by atoms with Gasteiger partial charge in [-0.15, -0.1) is 0 Å². The van der Waals surface area contributed by atoms with Gasteiger partial charge in [-0.25, -0.2) is 9.67 Å². The molecule has 0 atom stereocenters.